The molecule has 0 aromatic heterocycles. The molecule has 0 bridgehead atoms. The van der Waals surface area contributed by atoms with Gasteiger partial charge >= 0.3 is 0 Å². The molecule has 1 aliphatic rings. The highest BCUT2D eigenvalue weighted by atomic mass is 16.5. The van der Waals surface area contributed by atoms with Crippen molar-refractivity contribution in [3.63, 3.8) is 0 Å². The second-order valence-corrected chi connectivity index (χ2v) is 4.26. The largest absolute Gasteiger partial charge is 0.393 e. The zero-order chi connectivity index (χ0) is 12.1. The van der Waals surface area contributed by atoms with Crippen LogP contribution in [-0.4, -0.2) is 29.0 Å². The molecule has 3 nitrogen and oxygen atoms in total. The van der Waals surface area contributed by atoms with Crippen LogP contribution in [0.3, 0.4) is 0 Å². The van der Waals surface area contributed by atoms with Crippen LogP contribution < -0.4 is 0 Å². The average molecular weight is 234 g/mol. The molecule has 0 saturated heterocycles. The highest BCUT2D eigenvalue weighted by molar-refractivity contribution is 5.18. The summed E-state index contributed by atoms with van der Waals surface area (Å²) in [5, 5.41) is 19.2. The third-order valence-electron chi connectivity index (χ3n) is 2.99. The van der Waals surface area contributed by atoms with Gasteiger partial charge in [-0.1, -0.05) is 42.5 Å². The van der Waals surface area contributed by atoms with E-state index in [0.717, 1.165) is 12.0 Å². The van der Waals surface area contributed by atoms with Gasteiger partial charge in [-0.15, -0.1) is 0 Å². The Balaban J connectivity index is 2.05. The summed E-state index contributed by atoms with van der Waals surface area (Å²) in [5.74, 6) is 0. The van der Waals surface area contributed by atoms with E-state index in [1.165, 1.54) is 0 Å². The molecule has 2 N–H and O–H groups in total. The Morgan fingerprint density at radius 2 is 2.06 bits per heavy atom. The van der Waals surface area contributed by atoms with Gasteiger partial charge in [-0.3, -0.25) is 0 Å². The molecule has 92 valence electrons. The van der Waals surface area contributed by atoms with Crippen LogP contribution in [-0.2, 0) is 4.74 Å². The minimum atomic E-state index is -0.474. The summed E-state index contributed by atoms with van der Waals surface area (Å²) in [5.41, 5.74) is 0.932. The van der Waals surface area contributed by atoms with Crippen molar-refractivity contribution in [2.24, 2.45) is 0 Å². The van der Waals surface area contributed by atoms with Crippen LogP contribution in [0.5, 0.6) is 0 Å². The van der Waals surface area contributed by atoms with Gasteiger partial charge in [-0.25, -0.2) is 0 Å². The molecule has 0 radical (unpaired) electrons. The number of hydrogen-bond donors (Lipinski definition) is 2. The molecule has 2 rings (SSSR count). The fraction of sp³-hybridized carbons (Fsp3) is 0.429. The molecular weight excluding hydrogens is 216 g/mol. The molecule has 0 heterocycles. The first kappa shape index (κ1) is 12.3. The lowest BCUT2D eigenvalue weighted by Gasteiger charge is -2.27. The van der Waals surface area contributed by atoms with Crippen molar-refractivity contribution in [1.82, 2.24) is 0 Å². The lowest BCUT2D eigenvalue weighted by Crippen LogP contribution is -2.31. The van der Waals surface area contributed by atoms with Crippen molar-refractivity contribution in [2.75, 3.05) is 6.61 Å². The van der Waals surface area contributed by atoms with Gasteiger partial charge in [0.05, 0.1) is 12.7 Å². The van der Waals surface area contributed by atoms with Gasteiger partial charge in [0.25, 0.3) is 0 Å². The first-order valence-corrected chi connectivity index (χ1v) is 5.97. The van der Waals surface area contributed by atoms with Crippen molar-refractivity contribution in [3.05, 3.63) is 48.0 Å². The topological polar surface area (TPSA) is 49.7 Å². The molecule has 0 saturated carbocycles. The van der Waals surface area contributed by atoms with Crippen molar-refractivity contribution < 1.29 is 14.9 Å². The maximum absolute atomic E-state index is 9.80. The second kappa shape index (κ2) is 5.96. The standard InChI is InChI=1S/C14H18O3/c15-10-14(11-6-2-1-3-7-11)17-13-9-5-4-8-12(13)16/h1-3,5-7,9,12-16H,4,8,10H2/t12-,13+,14+/m0/s1. The summed E-state index contributed by atoms with van der Waals surface area (Å²) in [7, 11) is 0. The van der Waals surface area contributed by atoms with Gasteiger partial charge in [0, 0.05) is 0 Å². The van der Waals surface area contributed by atoms with Gasteiger partial charge in [-0.2, -0.15) is 0 Å². The van der Waals surface area contributed by atoms with Crippen LogP contribution in [0.25, 0.3) is 0 Å². The summed E-state index contributed by atoms with van der Waals surface area (Å²) in [6, 6.07) is 9.58. The van der Waals surface area contributed by atoms with Gasteiger partial charge < -0.3 is 14.9 Å². The van der Waals surface area contributed by atoms with Crippen molar-refractivity contribution >= 4 is 0 Å². The Hall–Kier alpha value is -1.16. The summed E-state index contributed by atoms with van der Waals surface area (Å²) >= 11 is 0. The molecule has 1 aliphatic carbocycles. The summed E-state index contributed by atoms with van der Waals surface area (Å²) in [4.78, 5) is 0. The predicted octanol–water partition coefficient (Wildman–Crippen LogP) is 1.82. The van der Waals surface area contributed by atoms with Gasteiger partial charge in [-0.05, 0) is 18.4 Å². The van der Waals surface area contributed by atoms with Crippen LogP contribution in [0, 0.1) is 0 Å². The number of allylic oxidation sites excluding steroid dienone is 1. The molecule has 3 heteroatoms. The fourth-order valence-electron chi connectivity index (χ4n) is 2.01. The van der Waals surface area contributed by atoms with E-state index in [1.807, 2.05) is 42.5 Å². The SMILES string of the molecule is OC[C@@H](O[C@@H]1C=CCC[C@@H]1O)c1ccccc1. The predicted molar refractivity (Wildman–Crippen MR) is 65.5 cm³/mol. The third kappa shape index (κ3) is 3.16. The monoisotopic (exact) mass is 234 g/mol. The van der Waals surface area contributed by atoms with E-state index in [0.29, 0.717) is 6.42 Å². The van der Waals surface area contributed by atoms with Crippen LogP contribution in [0.15, 0.2) is 42.5 Å². The van der Waals surface area contributed by atoms with E-state index in [1.54, 1.807) is 0 Å². The lowest BCUT2D eigenvalue weighted by atomic mass is 10.0. The van der Waals surface area contributed by atoms with E-state index in [4.69, 9.17) is 4.74 Å². The maximum Gasteiger partial charge on any atom is 0.106 e. The number of aliphatic hydroxyl groups is 2. The molecular formula is C14H18O3. The first-order chi connectivity index (χ1) is 8.31. The summed E-state index contributed by atoms with van der Waals surface area (Å²) in [6.45, 7) is -0.0823. The number of rotatable bonds is 4. The van der Waals surface area contributed by atoms with E-state index < -0.39 is 6.10 Å². The number of aliphatic hydroxyl groups excluding tert-OH is 2. The minimum Gasteiger partial charge on any atom is -0.393 e. The molecule has 1 aromatic rings. The Morgan fingerprint density at radius 3 is 2.71 bits per heavy atom. The van der Waals surface area contributed by atoms with Gasteiger partial charge in [0.1, 0.15) is 12.2 Å². The van der Waals surface area contributed by atoms with Crippen molar-refractivity contribution in [2.45, 2.75) is 31.2 Å². The zero-order valence-corrected chi connectivity index (χ0v) is 9.70. The Bertz CT molecular complexity index is 361. The first-order valence-electron chi connectivity index (χ1n) is 5.97. The highest BCUT2D eigenvalue weighted by Gasteiger charge is 2.23. The van der Waals surface area contributed by atoms with E-state index in [2.05, 4.69) is 0 Å². The van der Waals surface area contributed by atoms with Crippen LogP contribution in [0.2, 0.25) is 0 Å². The Morgan fingerprint density at radius 1 is 1.29 bits per heavy atom. The van der Waals surface area contributed by atoms with Crippen LogP contribution >= 0.6 is 0 Å². The molecule has 0 amide bonds. The average Bonchev–Trinajstić information content (AvgIpc) is 2.39. The number of ether oxygens (including phenoxy) is 1. The Kier molecular flexibility index (Phi) is 4.31. The normalized spacial score (nSPS) is 25.8. The van der Waals surface area contributed by atoms with E-state index in [-0.39, 0.29) is 18.8 Å². The molecule has 17 heavy (non-hydrogen) atoms. The quantitative estimate of drug-likeness (QED) is 0.781. The number of hydrogen-bond acceptors (Lipinski definition) is 3. The van der Waals surface area contributed by atoms with Crippen molar-refractivity contribution in [3.8, 4) is 0 Å². The van der Waals surface area contributed by atoms with Crippen LogP contribution in [0.1, 0.15) is 24.5 Å². The van der Waals surface area contributed by atoms with Crippen molar-refractivity contribution in [1.29, 1.82) is 0 Å². The van der Waals surface area contributed by atoms with E-state index >= 15 is 0 Å². The Labute approximate surface area is 101 Å². The van der Waals surface area contributed by atoms with Gasteiger partial charge in [0.15, 0.2) is 0 Å². The summed E-state index contributed by atoms with van der Waals surface area (Å²) < 4.78 is 5.75. The second-order valence-electron chi connectivity index (χ2n) is 4.26. The third-order valence-corrected chi connectivity index (χ3v) is 2.99. The smallest absolute Gasteiger partial charge is 0.106 e. The molecule has 0 aliphatic heterocycles. The molecule has 1 aromatic carbocycles. The molecule has 0 fully saturated rings. The molecule has 0 unspecified atom stereocenters. The van der Waals surface area contributed by atoms with Crippen LogP contribution in [0.4, 0.5) is 0 Å². The number of benzene rings is 1. The highest BCUT2D eigenvalue weighted by Crippen LogP contribution is 2.23. The fourth-order valence-corrected chi connectivity index (χ4v) is 2.01. The zero-order valence-electron chi connectivity index (χ0n) is 9.70. The minimum absolute atomic E-state index is 0.0823. The molecule has 0 spiro atoms. The summed E-state index contributed by atoms with van der Waals surface area (Å²) in [6.07, 6.45) is 4.32. The van der Waals surface area contributed by atoms with Gasteiger partial charge in [0.2, 0.25) is 0 Å². The van der Waals surface area contributed by atoms with E-state index in [9.17, 15) is 10.2 Å². The lowest BCUT2D eigenvalue weighted by molar-refractivity contribution is -0.0757. The maximum atomic E-state index is 9.80. The molecule has 3 atom stereocenters.